The van der Waals surface area contributed by atoms with Gasteiger partial charge in [-0.2, -0.15) is 11.8 Å². The smallest absolute Gasteiger partial charge is 0.165 e. The summed E-state index contributed by atoms with van der Waals surface area (Å²) >= 11 is 1.89. The van der Waals surface area contributed by atoms with E-state index in [1.54, 1.807) is 14.2 Å². The Balaban J connectivity index is 2.56. The van der Waals surface area contributed by atoms with Crippen LogP contribution in [-0.4, -0.2) is 32.8 Å². The molecule has 0 bridgehead atoms. The van der Waals surface area contributed by atoms with Gasteiger partial charge in [-0.1, -0.05) is 19.1 Å². The minimum Gasteiger partial charge on any atom is -0.493 e. The van der Waals surface area contributed by atoms with E-state index < -0.39 is 0 Å². The normalized spacial score (nSPS) is 12.2. The van der Waals surface area contributed by atoms with Gasteiger partial charge in [0.2, 0.25) is 0 Å². The summed E-state index contributed by atoms with van der Waals surface area (Å²) in [5, 5.41) is 3.46. The number of ether oxygens (including phenoxy) is 2. The van der Waals surface area contributed by atoms with Crippen LogP contribution in [0.1, 0.15) is 12.5 Å². The maximum absolute atomic E-state index is 5.40. The van der Waals surface area contributed by atoms with Crippen molar-refractivity contribution in [2.75, 3.05) is 32.8 Å². The van der Waals surface area contributed by atoms with Gasteiger partial charge in [0.1, 0.15) is 0 Å². The van der Waals surface area contributed by atoms with Crippen LogP contribution in [0.3, 0.4) is 0 Å². The molecule has 0 aliphatic carbocycles. The molecule has 1 rings (SSSR count). The van der Waals surface area contributed by atoms with Gasteiger partial charge >= 0.3 is 0 Å². The zero-order chi connectivity index (χ0) is 13.4. The monoisotopic (exact) mass is 269 g/mol. The maximum Gasteiger partial charge on any atom is 0.165 e. The number of hydrogen-bond acceptors (Lipinski definition) is 4. The van der Waals surface area contributed by atoms with Crippen LogP contribution in [0.15, 0.2) is 18.2 Å². The molecule has 1 N–H and O–H groups in total. The summed E-state index contributed by atoms with van der Waals surface area (Å²) in [5.74, 6) is 3.47. The molecular formula is C14H23NO2S. The third kappa shape index (κ3) is 4.42. The molecule has 0 spiro atoms. The van der Waals surface area contributed by atoms with Crippen LogP contribution in [0.2, 0.25) is 0 Å². The predicted octanol–water partition coefficient (Wildman–Crippen LogP) is 2.79. The highest BCUT2D eigenvalue weighted by Gasteiger charge is 2.09. The molecule has 0 amide bonds. The fraction of sp³-hybridized carbons (Fsp3) is 0.571. The van der Waals surface area contributed by atoms with Crippen LogP contribution in [0, 0.1) is 5.92 Å². The van der Waals surface area contributed by atoms with Gasteiger partial charge in [-0.05, 0) is 30.5 Å². The van der Waals surface area contributed by atoms with Crippen LogP contribution in [0.4, 0.5) is 0 Å². The lowest BCUT2D eigenvalue weighted by molar-refractivity contribution is 0.350. The van der Waals surface area contributed by atoms with E-state index in [9.17, 15) is 0 Å². The molecule has 0 radical (unpaired) electrons. The van der Waals surface area contributed by atoms with Gasteiger partial charge in [0.25, 0.3) is 0 Å². The zero-order valence-electron chi connectivity index (χ0n) is 11.7. The van der Waals surface area contributed by atoms with Gasteiger partial charge in [-0.25, -0.2) is 0 Å². The SMILES string of the molecule is COc1cccc(CNCC(C)CSC)c1OC. The average molecular weight is 269 g/mol. The van der Waals surface area contributed by atoms with Crippen molar-refractivity contribution < 1.29 is 9.47 Å². The first kappa shape index (κ1) is 15.2. The van der Waals surface area contributed by atoms with Crippen molar-refractivity contribution in [3.63, 3.8) is 0 Å². The van der Waals surface area contributed by atoms with E-state index in [1.165, 1.54) is 5.75 Å². The third-order valence-electron chi connectivity index (χ3n) is 2.74. The standard InChI is InChI=1S/C14H23NO2S/c1-11(10-18-4)8-15-9-12-6-5-7-13(16-2)14(12)17-3/h5-7,11,15H,8-10H2,1-4H3. The lowest BCUT2D eigenvalue weighted by Crippen LogP contribution is -2.22. The highest BCUT2D eigenvalue weighted by atomic mass is 32.2. The van der Waals surface area contributed by atoms with E-state index in [4.69, 9.17) is 9.47 Å². The second kappa shape index (κ2) is 8.27. The molecule has 0 saturated heterocycles. The van der Waals surface area contributed by atoms with Gasteiger partial charge in [0, 0.05) is 12.1 Å². The molecule has 0 heterocycles. The van der Waals surface area contributed by atoms with Crippen molar-refractivity contribution >= 4 is 11.8 Å². The van der Waals surface area contributed by atoms with Crippen LogP contribution in [0.5, 0.6) is 11.5 Å². The lowest BCUT2D eigenvalue weighted by Gasteiger charge is -2.15. The van der Waals surface area contributed by atoms with Crippen molar-refractivity contribution in [3.8, 4) is 11.5 Å². The summed E-state index contributed by atoms with van der Waals surface area (Å²) in [7, 11) is 3.34. The second-order valence-electron chi connectivity index (χ2n) is 4.34. The quantitative estimate of drug-likeness (QED) is 0.786. The third-order valence-corrected chi connectivity index (χ3v) is 3.65. The molecule has 0 aliphatic heterocycles. The Hall–Kier alpha value is -0.870. The fourth-order valence-electron chi connectivity index (χ4n) is 1.89. The van der Waals surface area contributed by atoms with E-state index in [2.05, 4.69) is 24.6 Å². The number of benzene rings is 1. The van der Waals surface area contributed by atoms with Crippen molar-refractivity contribution in [1.29, 1.82) is 0 Å². The predicted molar refractivity (Wildman–Crippen MR) is 78.8 cm³/mol. The van der Waals surface area contributed by atoms with Gasteiger partial charge in [-0.15, -0.1) is 0 Å². The molecule has 0 aromatic heterocycles. The summed E-state index contributed by atoms with van der Waals surface area (Å²) < 4.78 is 10.7. The molecular weight excluding hydrogens is 246 g/mol. The van der Waals surface area contributed by atoms with Gasteiger partial charge < -0.3 is 14.8 Å². The number of para-hydroxylation sites is 1. The molecule has 1 unspecified atom stereocenters. The minimum absolute atomic E-state index is 0.677. The zero-order valence-corrected chi connectivity index (χ0v) is 12.5. The van der Waals surface area contributed by atoms with E-state index in [0.29, 0.717) is 5.92 Å². The summed E-state index contributed by atoms with van der Waals surface area (Å²) in [6, 6.07) is 5.97. The number of rotatable bonds is 8. The van der Waals surface area contributed by atoms with Gasteiger partial charge in [0.15, 0.2) is 11.5 Å². The Bertz CT molecular complexity index is 358. The first-order valence-corrected chi connectivity index (χ1v) is 7.51. The first-order chi connectivity index (χ1) is 8.72. The minimum atomic E-state index is 0.677. The van der Waals surface area contributed by atoms with Crippen molar-refractivity contribution in [3.05, 3.63) is 23.8 Å². The van der Waals surface area contributed by atoms with E-state index in [1.807, 2.05) is 23.9 Å². The van der Waals surface area contributed by atoms with E-state index in [-0.39, 0.29) is 0 Å². The van der Waals surface area contributed by atoms with Crippen molar-refractivity contribution in [1.82, 2.24) is 5.32 Å². The number of methoxy groups -OCH3 is 2. The summed E-state index contributed by atoms with van der Waals surface area (Å²) in [6.07, 6.45) is 2.14. The molecule has 0 fully saturated rings. The van der Waals surface area contributed by atoms with Crippen LogP contribution in [-0.2, 0) is 6.54 Å². The highest BCUT2D eigenvalue weighted by molar-refractivity contribution is 7.98. The number of thioether (sulfide) groups is 1. The van der Waals surface area contributed by atoms with Gasteiger partial charge in [0.05, 0.1) is 14.2 Å². The maximum atomic E-state index is 5.40. The molecule has 1 aromatic carbocycles. The average Bonchev–Trinajstić information content (AvgIpc) is 2.38. The molecule has 0 aliphatic rings. The number of nitrogens with one attached hydrogen (secondary N) is 1. The Labute approximate surface area is 114 Å². The summed E-state index contributed by atoms with van der Waals surface area (Å²) in [4.78, 5) is 0. The van der Waals surface area contributed by atoms with E-state index in [0.717, 1.165) is 30.2 Å². The molecule has 3 nitrogen and oxygen atoms in total. The Kier molecular flexibility index (Phi) is 6.98. The highest BCUT2D eigenvalue weighted by Crippen LogP contribution is 2.30. The number of hydrogen-bond donors (Lipinski definition) is 1. The molecule has 4 heteroatoms. The van der Waals surface area contributed by atoms with Crippen LogP contribution >= 0.6 is 11.8 Å². The van der Waals surface area contributed by atoms with Crippen molar-refractivity contribution in [2.45, 2.75) is 13.5 Å². The van der Waals surface area contributed by atoms with Crippen LogP contribution < -0.4 is 14.8 Å². The Morgan fingerprint density at radius 3 is 2.67 bits per heavy atom. The van der Waals surface area contributed by atoms with E-state index >= 15 is 0 Å². The molecule has 1 aromatic rings. The molecule has 1 atom stereocenters. The van der Waals surface area contributed by atoms with Gasteiger partial charge in [-0.3, -0.25) is 0 Å². The first-order valence-electron chi connectivity index (χ1n) is 6.12. The largest absolute Gasteiger partial charge is 0.493 e. The molecule has 102 valence electrons. The molecule has 0 saturated carbocycles. The lowest BCUT2D eigenvalue weighted by atomic mass is 10.1. The van der Waals surface area contributed by atoms with Crippen molar-refractivity contribution in [2.24, 2.45) is 5.92 Å². The second-order valence-corrected chi connectivity index (χ2v) is 5.25. The Morgan fingerprint density at radius 1 is 1.28 bits per heavy atom. The molecule has 18 heavy (non-hydrogen) atoms. The topological polar surface area (TPSA) is 30.5 Å². The fourth-order valence-corrected chi connectivity index (χ4v) is 2.58. The van der Waals surface area contributed by atoms with Crippen LogP contribution in [0.25, 0.3) is 0 Å². The Morgan fingerprint density at radius 2 is 2.06 bits per heavy atom. The summed E-state index contributed by atoms with van der Waals surface area (Å²) in [6.45, 7) is 4.08. The summed E-state index contributed by atoms with van der Waals surface area (Å²) in [5.41, 5.74) is 1.13.